The van der Waals surface area contributed by atoms with Gasteiger partial charge in [0, 0.05) is 0 Å². The maximum Gasteiger partial charge on any atom is 0.119 e. The first-order valence-corrected chi connectivity index (χ1v) is 3.00. The Morgan fingerprint density at radius 1 is 1.50 bits per heavy atom. The molecule has 0 saturated heterocycles. The number of hydrogen-bond donors (Lipinski definition) is 1. The summed E-state index contributed by atoms with van der Waals surface area (Å²) in [6, 6.07) is 0. The van der Waals surface area contributed by atoms with Crippen LogP contribution in [0, 0.1) is 0 Å². The van der Waals surface area contributed by atoms with Gasteiger partial charge in [-0.05, 0) is 37.3 Å². The second-order valence-electron chi connectivity index (χ2n) is 2.07. The number of rotatable bonds is 2. The summed E-state index contributed by atoms with van der Waals surface area (Å²) in [7, 11) is 0. The minimum absolute atomic E-state index is 0.407. The Kier molecular flexibility index (Phi) is 3.47. The highest BCUT2D eigenvalue weighted by Crippen LogP contribution is 2.13. The summed E-state index contributed by atoms with van der Waals surface area (Å²) in [5, 5.41) is 0. The fraction of sp³-hybridized carbons (Fsp3) is 0.250. The molecule has 0 amide bonds. The Balaban J connectivity index is 4.50. The molecule has 1 nitrogen and oxygen atoms in total. The molecule has 0 aliphatic carbocycles. The van der Waals surface area contributed by atoms with E-state index in [9.17, 15) is 4.39 Å². The lowest BCUT2D eigenvalue weighted by Crippen LogP contribution is -1.83. The van der Waals surface area contributed by atoms with E-state index in [1.807, 2.05) is 0 Å². The molecule has 0 atom stereocenters. The summed E-state index contributed by atoms with van der Waals surface area (Å²) in [6.45, 7) is 6.60. The van der Waals surface area contributed by atoms with Gasteiger partial charge in [0.2, 0.25) is 0 Å². The van der Waals surface area contributed by atoms with E-state index < -0.39 is 5.83 Å². The summed E-state index contributed by atoms with van der Waals surface area (Å²) in [5.41, 5.74) is 6.44. The summed E-state index contributed by atoms with van der Waals surface area (Å²) < 4.78 is 12.3. The van der Waals surface area contributed by atoms with Crippen molar-refractivity contribution < 1.29 is 4.39 Å². The fourth-order valence-corrected chi connectivity index (χ4v) is 0.483. The zero-order chi connectivity index (χ0) is 8.15. The molecule has 0 aliphatic heterocycles. The van der Waals surface area contributed by atoms with Crippen LogP contribution in [0.2, 0.25) is 0 Å². The van der Waals surface area contributed by atoms with Crippen LogP contribution >= 0.6 is 0 Å². The molecular weight excluding hydrogens is 129 g/mol. The third-order valence-electron chi connectivity index (χ3n) is 1.34. The second-order valence-corrected chi connectivity index (χ2v) is 2.07. The van der Waals surface area contributed by atoms with E-state index >= 15 is 0 Å². The van der Waals surface area contributed by atoms with Crippen LogP contribution in [0.3, 0.4) is 0 Å². The molecular formula is C8H12FN. The zero-order valence-corrected chi connectivity index (χ0v) is 6.32. The first-order chi connectivity index (χ1) is 4.59. The monoisotopic (exact) mass is 141 g/mol. The Morgan fingerprint density at radius 3 is 2.30 bits per heavy atom. The van der Waals surface area contributed by atoms with E-state index in [1.165, 1.54) is 6.20 Å². The van der Waals surface area contributed by atoms with Gasteiger partial charge in [-0.2, -0.15) is 0 Å². The molecule has 2 N–H and O–H groups in total. The minimum Gasteiger partial charge on any atom is -0.405 e. The molecule has 0 rings (SSSR count). The Labute approximate surface area is 60.7 Å². The topological polar surface area (TPSA) is 26.0 Å². The fourth-order valence-electron chi connectivity index (χ4n) is 0.483. The van der Waals surface area contributed by atoms with E-state index in [2.05, 4.69) is 6.58 Å². The number of nitrogens with two attached hydrogens (primary N) is 1. The summed E-state index contributed by atoms with van der Waals surface area (Å²) in [5.74, 6) is -0.407. The number of halogens is 1. The van der Waals surface area contributed by atoms with Crippen molar-refractivity contribution >= 4 is 0 Å². The lowest BCUT2D eigenvalue weighted by atomic mass is 10.1. The van der Waals surface area contributed by atoms with Gasteiger partial charge in [0.15, 0.2) is 0 Å². The van der Waals surface area contributed by atoms with E-state index in [0.717, 1.165) is 5.57 Å². The van der Waals surface area contributed by atoms with Gasteiger partial charge >= 0.3 is 0 Å². The van der Waals surface area contributed by atoms with Gasteiger partial charge in [0.25, 0.3) is 0 Å². The average Bonchev–Trinajstić information content (AvgIpc) is 1.87. The Bertz CT molecular complexity index is 189. The van der Waals surface area contributed by atoms with E-state index in [4.69, 9.17) is 5.73 Å². The number of hydrogen-bond acceptors (Lipinski definition) is 1. The van der Waals surface area contributed by atoms with Gasteiger partial charge in [-0.3, -0.25) is 0 Å². The molecule has 0 unspecified atom stereocenters. The molecule has 0 fully saturated rings. The van der Waals surface area contributed by atoms with Crippen molar-refractivity contribution in [1.82, 2.24) is 0 Å². The standard InChI is InChI=1S/C8H12FN/c1-6(4-5-10)7(2)8(3)9/h4-5H,3,10H2,1-2H3/b5-4-,7-6-. The van der Waals surface area contributed by atoms with Gasteiger partial charge in [-0.25, -0.2) is 4.39 Å². The van der Waals surface area contributed by atoms with E-state index in [-0.39, 0.29) is 0 Å². The molecule has 0 heterocycles. The predicted octanol–water partition coefficient (Wildman–Crippen LogP) is 2.28. The first kappa shape index (κ1) is 8.95. The van der Waals surface area contributed by atoms with Crippen LogP contribution < -0.4 is 5.73 Å². The largest absolute Gasteiger partial charge is 0.405 e. The van der Waals surface area contributed by atoms with Crippen LogP contribution in [-0.4, -0.2) is 0 Å². The molecule has 0 aromatic heterocycles. The Hall–Kier alpha value is -1.05. The molecule has 0 aliphatic rings. The van der Waals surface area contributed by atoms with Crippen molar-refractivity contribution in [3.05, 3.63) is 35.8 Å². The molecule has 0 bridgehead atoms. The van der Waals surface area contributed by atoms with Crippen LogP contribution in [0.25, 0.3) is 0 Å². The molecule has 0 aromatic carbocycles. The van der Waals surface area contributed by atoms with Crippen LogP contribution in [0.4, 0.5) is 4.39 Å². The van der Waals surface area contributed by atoms with Crippen molar-refractivity contribution in [2.24, 2.45) is 5.73 Å². The molecule has 10 heavy (non-hydrogen) atoms. The molecule has 2 heteroatoms. The summed E-state index contributed by atoms with van der Waals surface area (Å²) in [4.78, 5) is 0. The van der Waals surface area contributed by atoms with Gasteiger partial charge in [-0.1, -0.05) is 6.58 Å². The number of allylic oxidation sites excluding steroid dienone is 4. The third kappa shape index (κ3) is 2.49. The van der Waals surface area contributed by atoms with Crippen molar-refractivity contribution in [2.45, 2.75) is 13.8 Å². The van der Waals surface area contributed by atoms with Gasteiger partial charge in [0.1, 0.15) is 5.83 Å². The Morgan fingerprint density at radius 2 is 2.00 bits per heavy atom. The lowest BCUT2D eigenvalue weighted by molar-refractivity contribution is 0.654. The average molecular weight is 141 g/mol. The summed E-state index contributed by atoms with van der Waals surface area (Å²) >= 11 is 0. The highest BCUT2D eigenvalue weighted by molar-refractivity contribution is 5.32. The summed E-state index contributed by atoms with van der Waals surface area (Å²) in [6.07, 6.45) is 3.02. The predicted molar refractivity (Wildman–Crippen MR) is 41.9 cm³/mol. The second kappa shape index (κ2) is 3.88. The molecule has 0 saturated carbocycles. The SMILES string of the molecule is C=C(F)/C(C)=C(C)\C=C/N. The smallest absolute Gasteiger partial charge is 0.119 e. The lowest BCUT2D eigenvalue weighted by Gasteiger charge is -1.97. The minimum atomic E-state index is -0.407. The highest BCUT2D eigenvalue weighted by atomic mass is 19.1. The van der Waals surface area contributed by atoms with Gasteiger partial charge in [0.05, 0.1) is 0 Å². The quantitative estimate of drug-likeness (QED) is 0.586. The maximum atomic E-state index is 12.3. The van der Waals surface area contributed by atoms with Crippen LogP contribution in [0.1, 0.15) is 13.8 Å². The van der Waals surface area contributed by atoms with Crippen molar-refractivity contribution in [2.75, 3.05) is 0 Å². The normalized spacial score (nSPS) is 13.5. The molecule has 0 aromatic rings. The van der Waals surface area contributed by atoms with Crippen LogP contribution in [-0.2, 0) is 0 Å². The molecule has 0 spiro atoms. The van der Waals surface area contributed by atoms with E-state index in [1.54, 1.807) is 19.9 Å². The van der Waals surface area contributed by atoms with E-state index in [0.29, 0.717) is 5.57 Å². The van der Waals surface area contributed by atoms with Crippen molar-refractivity contribution in [3.63, 3.8) is 0 Å². The molecule has 56 valence electrons. The van der Waals surface area contributed by atoms with Gasteiger partial charge in [-0.15, -0.1) is 0 Å². The highest BCUT2D eigenvalue weighted by Gasteiger charge is 1.95. The zero-order valence-electron chi connectivity index (χ0n) is 6.32. The van der Waals surface area contributed by atoms with Crippen molar-refractivity contribution in [3.8, 4) is 0 Å². The van der Waals surface area contributed by atoms with Crippen LogP contribution in [0.15, 0.2) is 35.8 Å². The third-order valence-corrected chi connectivity index (χ3v) is 1.34. The van der Waals surface area contributed by atoms with Gasteiger partial charge < -0.3 is 5.73 Å². The first-order valence-electron chi connectivity index (χ1n) is 3.00. The van der Waals surface area contributed by atoms with Crippen LogP contribution in [0.5, 0.6) is 0 Å². The van der Waals surface area contributed by atoms with Crippen molar-refractivity contribution in [1.29, 1.82) is 0 Å². The molecule has 0 radical (unpaired) electrons. The maximum absolute atomic E-state index is 12.3.